The molecule has 0 aromatic heterocycles. The predicted molar refractivity (Wildman–Crippen MR) is 97.4 cm³/mol. The maximum atomic E-state index is 12.1. The molecule has 1 aliphatic rings. The second kappa shape index (κ2) is 8.71. The Morgan fingerprint density at radius 3 is 2.54 bits per heavy atom. The summed E-state index contributed by atoms with van der Waals surface area (Å²) in [4.78, 5) is 12.1. The number of hydrogen-bond donors (Lipinski definition) is 2. The summed E-state index contributed by atoms with van der Waals surface area (Å²) in [7, 11) is 0. The molecule has 1 heterocycles. The van der Waals surface area contributed by atoms with Gasteiger partial charge in [0.05, 0.1) is 13.0 Å². The van der Waals surface area contributed by atoms with Gasteiger partial charge in [-0.05, 0) is 41.3 Å². The van der Waals surface area contributed by atoms with Crippen LogP contribution in [0.1, 0.15) is 29.2 Å². The third kappa shape index (κ3) is 4.73. The number of fused-ring (bicyclic) bond motifs is 1. The molecule has 0 fully saturated rings. The van der Waals surface area contributed by atoms with E-state index in [1.165, 1.54) is 11.1 Å². The van der Waals surface area contributed by atoms with Crippen LogP contribution in [0, 0.1) is 0 Å². The second-order valence-corrected chi connectivity index (χ2v) is 5.74. The van der Waals surface area contributed by atoms with E-state index in [1.807, 2.05) is 31.2 Å². The molecule has 0 atom stereocenters. The second-order valence-electron chi connectivity index (χ2n) is 5.74. The fourth-order valence-corrected chi connectivity index (χ4v) is 2.78. The fourth-order valence-electron chi connectivity index (χ4n) is 2.78. The summed E-state index contributed by atoms with van der Waals surface area (Å²) in [6, 6.07) is 14.1. The van der Waals surface area contributed by atoms with Crippen LogP contribution in [0.15, 0.2) is 42.5 Å². The first-order valence-electron chi connectivity index (χ1n) is 8.04. The molecule has 5 heteroatoms. The van der Waals surface area contributed by atoms with Gasteiger partial charge in [-0.1, -0.05) is 30.3 Å². The SMILES string of the molecule is CCOc1ccc(CC(=O)NCc2ccc3c(c2)CNC3)cc1.Cl. The number of halogens is 1. The number of nitrogens with one attached hydrogen (secondary N) is 2. The lowest BCUT2D eigenvalue weighted by molar-refractivity contribution is -0.120. The van der Waals surface area contributed by atoms with E-state index in [1.54, 1.807) is 0 Å². The minimum atomic E-state index is 0. The lowest BCUT2D eigenvalue weighted by atomic mass is 10.1. The highest BCUT2D eigenvalue weighted by Gasteiger charge is 2.10. The van der Waals surface area contributed by atoms with E-state index < -0.39 is 0 Å². The van der Waals surface area contributed by atoms with E-state index in [2.05, 4.69) is 28.8 Å². The van der Waals surface area contributed by atoms with Gasteiger partial charge in [-0.25, -0.2) is 0 Å². The van der Waals surface area contributed by atoms with Crippen LogP contribution in [-0.2, 0) is 30.8 Å². The maximum absolute atomic E-state index is 12.1. The Kier molecular flexibility index (Phi) is 6.64. The van der Waals surface area contributed by atoms with Gasteiger partial charge < -0.3 is 15.4 Å². The molecule has 0 unspecified atom stereocenters. The summed E-state index contributed by atoms with van der Waals surface area (Å²) >= 11 is 0. The van der Waals surface area contributed by atoms with Crippen molar-refractivity contribution in [2.45, 2.75) is 33.0 Å². The summed E-state index contributed by atoms with van der Waals surface area (Å²) in [5.41, 5.74) is 4.83. The Labute approximate surface area is 149 Å². The summed E-state index contributed by atoms with van der Waals surface area (Å²) in [6.45, 7) is 5.04. The summed E-state index contributed by atoms with van der Waals surface area (Å²) in [5.74, 6) is 0.871. The first-order valence-corrected chi connectivity index (χ1v) is 8.04. The molecule has 0 spiro atoms. The highest BCUT2D eigenvalue weighted by molar-refractivity contribution is 5.85. The number of carbonyl (C=O) groups is 1. The van der Waals surface area contributed by atoms with Crippen molar-refractivity contribution in [3.8, 4) is 5.75 Å². The quantitative estimate of drug-likeness (QED) is 0.845. The molecule has 0 saturated carbocycles. The molecular formula is C19H23ClN2O2. The lowest BCUT2D eigenvalue weighted by Gasteiger charge is -2.08. The van der Waals surface area contributed by atoms with Gasteiger partial charge in [0.15, 0.2) is 0 Å². The van der Waals surface area contributed by atoms with Gasteiger partial charge in [-0.3, -0.25) is 4.79 Å². The van der Waals surface area contributed by atoms with Crippen LogP contribution in [0.4, 0.5) is 0 Å². The number of benzene rings is 2. The predicted octanol–water partition coefficient (Wildman–Crippen LogP) is 2.97. The fraction of sp³-hybridized carbons (Fsp3) is 0.316. The maximum Gasteiger partial charge on any atom is 0.224 e. The zero-order chi connectivity index (χ0) is 16.1. The first-order chi connectivity index (χ1) is 11.2. The van der Waals surface area contributed by atoms with Gasteiger partial charge in [0, 0.05) is 19.6 Å². The topological polar surface area (TPSA) is 50.4 Å². The van der Waals surface area contributed by atoms with Crippen molar-refractivity contribution in [1.82, 2.24) is 10.6 Å². The molecule has 4 nitrogen and oxygen atoms in total. The minimum Gasteiger partial charge on any atom is -0.494 e. The molecule has 128 valence electrons. The van der Waals surface area contributed by atoms with Crippen LogP contribution < -0.4 is 15.4 Å². The van der Waals surface area contributed by atoms with Crippen molar-refractivity contribution < 1.29 is 9.53 Å². The minimum absolute atomic E-state index is 0. The van der Waals surface area contributed by atoms with Crippen LogP contribution in [0.2, 0.25) is 0 Å². The zero-order valence-corrected chi connectivity index (χ0v) is 14.6. The van der Waals surface area contributed by atoms with E-state index in [9.17, 15) is 4.79 Å². The zero-order valence-electron chi connectivity index (χ0n) is 13.8. The van der Waals surface area contributed by atoms with Crippen LogP contribution in [0.5, 0.6) is 5.75 Å². The number of rotatable bonds is 6. The Morgan fingerprint density at radius 1 is 1.08 bits per heavy atom. The van der Waals surface area contributed by atoms with Crippen molar-refractivity contribution >= 4 is 18.3 Å². The average Bonchev–Trinajstić information content (AvgIpc) is 3.03. The van der Waals surface area contributed by atoms with E-state index in [0.717, 1.165) is 30.0 Å². The Hall–Kier alpha value is -2.04. The number of carbonyl (C=O) groups excluding carboxylic acids is 1. The molecule has 2 N–H and O–H groups in total. The third-order valence-corrected chi connectivity index (χ3v) is 3.99. The first kappa shape index (κ1) is 18.3. The average molecular weight is 347 g/mol. The van der Waals surface area contributed by atoms with Crippen LogP contribution in [-0.4, -0.2) is 12.5 Å². The molecule has 0 saturated heterocycles. The van der Waals surface area contributed by atoms with Crippen molar-refractivity contribution in [1.29, 1.82) is 0 Å². The molecule has 1 aliphatic heterocycles. The number of amides is 1. The summed E-state index contributed by atoms with van der Waals surface area (Å²) in [6.07, 6.45) is 0.388. The van der Waals surface area contributed by atoms with E-state index in [4.69, 9.17) is 4.74 Å². The smallest absolute Gasteiger partial charge is 0.224 e. The lowest BCUT2D eigenvalue weighted by Crippen LogP contribution is -2.24. The normalized spacial score (nSPS) is 12.2. The Balaban J connectivity index is 0.00000208. The molecule has 3 rings (SSSR count). The number of hydrogen-bond acceptors (Lipinski definition) is 3. The van der Waals surface area contributed by atoms with Gasteiger partial charge in [0.25, 0.3) is 0 Å². The van der Waals surface area contributed by atoms with Gasteiger partial charge in [-0.15, -0.1) is 12.4 Å². The Morgan fingerprint density at radius 2 is 1.79 bits per heavy atom. The standard InChI is InChI=1S/C19H22N2O2.ClH/c1-2-23-18-7-4-14(5-8-18)10-19(22)21-11-15-3-6-16-12-20-13-17(16)9-15;/h3-9,20H,2,10-13H2,1H3,(H,21,22);1H. The van der Waals surface area contributed by atoms with E-state index in [-0.39, 0.29) is 18.3 Å². The van der Waals surface area contributed by atoms with Gasteiger partial charge in [0.2, 0.25) is 5.91 Å². The number of ether oxygens (including phenoxy) is 1. The highest BCUT2D eigenvalue weighted by Crippen LogP contribution is 2.17. The van der Waals surface area contributed by atoms with Gasteiger partial charge >= 0.3 is 0 Å². The van der Waals surface area contributed by atoms with Crippen molar-refractivity contribution in [3.63, 3.8) is 0 Å². The van der Waals surface area contributed by atoms with Crippen LogP contribution in [0.3, 0.4) is 0 Å². The van der Waals surface area contributed by atoms with Crippen molar-refractivity contribution in [3.05, 3.63) is 64.7 Å². The summed E-state index contributed by atoms with van der Waals surface area (Å²) in [5, 5.41) is 6.32. The van der Waals surface area contributed by atoms with Crippen molar-refractivity contribution in [2.24, 2.45) is 0 Å². The molecule has 0 radical (unpaired) electrons. The van der Waals surface area contributed by atoms with Gasteiger partial charge in [-0.2, -0.15) is 0 Å². The van der Waals surface area contributed by atoms with Gasteiger partial charge in [0.1, 0.15) is 5.75 Å². The molecular weight excluding hydrogens is 324 g/mol. The molecule has 2 aromatic carbocycles. The molecule has 24 heavy (non-hydrogen) atoms. The molecule has 0 aliphatic carbocycles. The molecule has 0 bridgehead atoms. The molecule has 2 aromatic rings. The monoisotopic (exact) mass is 346 g/mol. The van der Waals surface area contributed by atoms with E-state index in [0.29, 0.717) is 19.6 Å². The largest absolute Gasteiger partial charge is 0.494 e. The Bertz CT molecular complexity index is 686. The van der Waals surface area contributed by atoms with Crippen molar-refractivity contribution in [2.75, 3.05) is 6.61 Å². The van der Waals surface area contributed by atoms with Crippen LogP contribution >= 0.6 is 12.4 Å². The third-order valence-electron chi connectivity index (χ3n) is 3.99. The molecule has 1 amide bonds. The van der Waals surface area contributed by atoms with Crippen LogP contribution in [0.25, 0.3) is 0 Å². The highest BCUT2D eigenvalue weighted by atomic mass is 35.5. The summed E-state index contributed by atoms with van der Waals surface area (Å²) < 4.78 is 5.40. The van der Waals surface area contributed by atoms with E-state index >= 15 is 0 Å².